The molecule has 5 heteroatoms. The van der Waals surface area contributed by atoms with Crippen molar-refractivity contribution in [1.29, 1.82) is 0 Å². The topological polar surface area (TPSA) is 77.4 Å². The van der Waals surface area contributed by atoms with Gasteiger partial charge in [-0.2, -0.15) is 4.73 Å². The van der Waals surface area contributed by atoms with Gasteiger partial charge in [-0.15, -0.1) is 0 Å². The first kappa shape index (κ1) is 24.5. The number of carbonyl (C=O) groups is 1. The van der Waals surface area contributed by atoms with E-state index in [4.69, 9.17) is 4.42 Å². The second kappa shape index (κ2) is 10.0. The van der Waals surface area contributed by atoms with Crippen molar-refractivity contribution in [2.75, 3.05) is 0 Å². The van der Waals surface area contributed by atoms with E-state index in [0.29, 0.717) is 34.5 Å². The molecule has 0 spiro atoms. The molecular formula is C32H29NO4. The van der Waals surface area contributed by atoms with Gasteiger partial charge in [-0.3, -0.25) is 4.79 Å². The number of fused-ring (bicyclic) bond motifs is 1. The van der Waals surface area contributed by atoms with Gasteiger partial charge >= 0.3 is 0 Å². The summed E-state index contributed by atoms with van der Waals surface area (Å²) in [6, 6.07) is 29.0. The lowest BCUT2D eigenvalue weighted by atomic mass is 9.84. The van der Waals surface area contributed by atoms with E-state index in [9.17, 15) is 15.1 Å². The fourth-order valence-electron chi connectivity index (χ4n) is 4.92. The molecule has 2 heterocycles. The van der Waals surface area contributed by atoms with Gasteiger partial charge < -0.3 is 14.7 Å². The number of Topliss-reactive ketones (excluding diaryl/α,β-unsaturated/α-hetero) is 1. The SMILES string of the molecule is Cc1ccccc1C(CC(=O)Cc1ccc2oc(C(C)(O)c3cc[n+]([O-])cc3)cc2c1)c1ccccc1. The van der Waals surface area contributed by atoms with E-state index in [1.807, 2.05) is 48.5 Å². The fourth-order valence-corrected chi connectivity index (χ4v) is 4.92. The molecule has 5 nitrogen and oxygen atoms in total. The Hall–Kier alpha value is -4.22. The van der Waals surface area contributed by atoms with E-state index in [1.54, 1.807) is 25.1 Å². The van der Waals surface area contributed by atoms with Crippen LogP contribution in [0.3, 0.4) is 0 Å². The summed E-state index contributed by atoms with van der Waals surface area (Å²) in [5.74, 6) is 0.522. The third kappa shape index (κ3) is 5.18. The van der Waals surface area contributed by atoms with Crippen LogP contribution >= 0.6 is 0 Å². The zero-order valence-corrected chi connectivity index (χ0v) is 20.9. The van der Waals surface area contributed by atoms with Crippen molar-refractivity contribution in [2.45, 2.75) is 38.2 Å². The molecule has 0 aliphatic carbocycles. The highest BCUT2D eigenvalue weighted by atomic mass is 16.5. The van der Waals surface area contributed by atoms with Crippen molar-refractivity contribution < 1.29 is 19.0 Å². The molecule has 2 unspecified atom stereocenters. The number of benzene rings is 3. The highest BCUT2D eigenvalue weighted by molar-refractivity contribution is 5.85. The minimum Gasteiger partial charge on any atom is -0.619 e. The Morgan fingerprint density at radius 2 is 1.68 bits per heavy atom. The standard InChI is InChI=1S/C32H29NO4/c1-22-8-6-7-11-28(22)29(24-9-4-3-5-10-24)21-27(34)19-23-12-13-30-25(18-23)20-31(37-30)32(2,35)26-14-16-33(36)17-15-26/h3-18,20,29,35H,19,21H2,1-2H3. The van der Waals surface area contributed by atoms with Gasteiger partial charge in [-0.05, 0) is 54.3 Å². The molecule has 1 N–H and O–H groups in total. The molecule has 5 aromatic rings. The van der Waals surface area contributed by atoms with Crippen molar-refractivity contribution in [1.82, 2.24) is 0 Å². The fraction of sp³-hybridized carbons (Fsp3) is 0.188. The molecule has 0 amide bonds. The Bertz CT molecular complexity index is 1530. The van der Waals surface area contributed by atoms with Crippen LogP contribution in [-0.2, 0) is 16.8 Å². The summed E-state index contributed by atoms with van der Waals surface area (Å²) in [7, 11) is 0. The summed E-state index contributed by atoms with van der Waals surface area (Å²) in [6.07, 6.45) is 3.40. The van der Waals surface area contributed by atoms with Gasteiger partial charge in [0.1, 0.15) is 22.7 Å². The first-order valence-electron chi connectivity index (χ1n) is 12.4. The molecule has 5 rings (SSSR count). The molecule has 0 aliphatic heterocycles. The summed E-state index contributed by atoms with van der Waals surface area (Å²) in [4.78, 5) is 13.3. The van der Waals surface area contributed by atoms with Crippen LogP contribution in [0.1, 0.15) is 52.8 Å². The number of aryl methyl sites for hydroxylation is 1. The van der Waals surface area contributed by atoms with Crippen LogP contribution in [-0.4, -0.2) is 10.9 Å². The van der Waals surface area contributed by atoms with Crippen molar-refractivity contribution in [3.05, 3.63) is 142 Å². The van der Waals surface area contributed by atoms with E-state index in [0.717, 1.165) is 16.5 Å². The maximum absolute atomic E-state index is 13.3. The van der Waals surface area contributed by atoms with E-state index in [2.05, 4.69) is 31.2 Å². The van der Waals surface area contributed by atoms with Crippen LogP contribution in [0.15, 0.2) is 108 Å². The van der Waals surface area contributed by atoms with Gasteiger partial charge in [0.15, 0.2) is 12.4 Å². The van der Waals surface area contributed by atoms with Gasteiger partial charge in [0, 0.05) is 41.8 Å². The Labute approximate surface area is 216 Å². The minimum absolute atomic E-state index is 0.00655. The summed E-state index contributed by atoms with van der Waals surface area (Å²) >= 11 is 0. The number of aliphatic hydroxyl groups is 1. The molecule has 0 aliphatic rings. The third-order valence-electron chi connectivity index (χ3n) is 7.02. The smallest absolute Gasteiger partial charge is 0.180 e. The average Bonchev–Trinajstić information content (AvgIpc) is 3.33. The highest BCUT2D eigenvalue weighted by Crippen LogP contribution is 2.34. The van der Waals surface area contributed by atoms with E-state index in [-0.39, 0.29) is 11.7 Å². The number of aromatic nitrogens is 1. The molecule has 0 bridgehead atoms. The normalized spacial score (nSPS) is 13.8. The lowest BCUT2D eigenvalue weighted by Gasteiger charge is -2.20. The third-order valence-corrected chi connectivity index (χ3v) is 7.02. The molecule has 0 radical (unpaired) electrons. The molecule has 2 atom stereocenters. The van der Waals surface area contributed by atoms with Gasteiger partial charge in [-0.1, -0.05) is 60.7 Å². The maximum Gasteiger partial charge on any atom is 0.180 e. The van der Waals surface area contributed by atoms with Crippen LogP contribution in [0.5, 0.6) is 0 Å². The number of nitrogens with zero attached hydrogens (tertiary/aromatic N) is 1. The lowest BCUT2D eigenvalue weighted by molar-refractivity contribution is -0.605. The van der Waals surface area contributed by atoms with Crippen molar-refractivity contribution in [3.8, 4) is 0 Å². The molecule has 0 saturated carbocycles. The Morgan fingerprint density at radius 1 is 0.973 bits per heavy atom. The van der Waals surface area contributed by atoms with Crippen molar-refractivity contribution in [2.24, 2.45) is 0 Å². The number of furan rings is 1. The Balaban J connectivity index is 1.38. The van der Waals surface area contributed by atoms with Gasteiger partial charge in [0.05, 0.1) is 0 Å². The van der Waals surface area contributed by atoms with Crippen molar-refractivity contribution >= 4 is 16.8 Å². The summed E-state index contributed by atoms with van der Waals surface area (Å²) in [6.45, 7) is 3.72. The number of rotatable bonds is 8. The zero-order valence-electron chi connectivity index (χ0n) is 20.9. The van der Waals surface area contributed by atoms with Crippen LogP contribution in [0.4, 0.5) is 0 Å². The maximum atomic E-state index is 13.3. The Kier molecular flexibility index (Phi) is 6.64. The zero-order chi connectivity index (χ0) is 26.0. The predicted octanol–water partition coefficient (Wildman–Crippen LogP) is 5.96. The van der Waals surface area contributed by atoms with E-state index in [1.165, 1.54) is 23.5 Å². The van der Waals surface area contributed by atoms with E-state index >= 15 is 0 Å². The molecule has 0 saturated heterocycles. The Morgan fingerprint density at radius 3 is 2.41 bits per heavy atom. The summed E-state index contributed by atoms with van der Waals surface area (Å²) in [5.41, 5.74) is 4.15. The van der Waals surface area contributed by atoms with Gasteiger partial charge in [0.25, 0.3) is 0 Å². The summed E-state index contributed by atoms with van der Waals surface area (Å²) in [5, 5.41) is 23.3. The van der Waals surface area contributed by atoms with Gasteiger partial charge in [-0.25, -0.2) is 0 Å². The second-order valence-corrected chi connectivity index (χ2v) is 9.74. The number of ketones is 1. The molecule has 37 heavy (non-hydrogen) atoms. The predicted molar refractivity (Wildman–Crippen MR) is 143 cm³/mol. The number of carbonyl (C=O) groups excluding carboxylic acids is 1. The van der Waals surface area contributed by atoms with Crippen LogP contribution in [0, 0.1) is 12.1 Å². The molecule has 3 aromatic carbocycles. The second-order valence-electron chi connectivity index (χ2n) is 9.74. The van der Waals surface area contributed by atoms with Crippen LogP contribution in [0.25, 0.3) is 11.0 Å². The number of hydrogen-bond acceptors (Lipinski definition) is 4. The highest BCUT2D eigenvalue weighted by Gasteiger charge is 2.30. The lowest BCUT2D eigenvalue weighted by Crippen LogP contribution is -2.28. The molecule has 0 fully saturated rings. The minimum atomic E-state index is -1.40. The van der Waals surface area contributed by atoms with E-state index < -0.39 is 5.60 Å². The number of hydrogen-bond donors (Lipinski definition) is 1. The average molecular weight is 492 g/mol. The molecular weight excluding hydrogens is 462 g/mol. The van der Waals surface area contributed by atoms with Crippen LogP contribution in [0.2, 0.25) is 0 Å². The molecule has 186 valence electrons. The first-order valence-corrected chi connectivity index (χ1v) is 12.4. The largest absolute Gasteiger partial charge is 0.619 e. The van der Waals surface area contributed by atoms with Gasteiger partial charge in [0.2, 0.25) is 0 Å². The quantitative estimate of drug-likeness (QED) is 0.214. The first-order chi connectivity index (χ1) is 17.8. The monoisotopic (exact) mass is 491 g/mol. The molecule has 2 aromatic heterocycles. The number of pyridine rings is 1. The van der Waals surface area contributed by atoms with Crippen molar-refractivity contribution in [3.63, 3.8) is 0 Å². The van der Waals surface area contributed by atoms with Crippen LogP contribution < -0.4 is 4.73 Å². The summed E-state index contributed by atoms with van der Waals surface area (Å²) < 4.78 is 6.62.